The fraction of sp³-hybridized carbons (Fsp3) is 0.846. The third kappa shape index (κ3) is 3.11. The average molecular weight is 224 g/mol. The van der Waals surface area contributed by atoms with Crippen molar-refractivity contribution in [2.75, 3.05) is 0 Å². The van der Waals surface area contributed by atoms with Crippen molar-refractivity contribution in [3.05, 3.63) is 12.1 Å². The van der Waals surface area contributed by atoms with E-state index in [4.69, 9.17) is 9.31 Å². The average Bonchev–Trinajstić information content (AvgIpc) is 2.33. The van der Waals surface area contributed by atoms with Gasteiger partial charge in [0, 0.05) is 0 Å². The Hall–Kier alpha value is -0.275. The van der Waals surface area contributed by atoms with Crippen LogP contribution in [0.15, 0.2) is 12.1 Å². The van der Waals surface area contributed by atoms with E-state index < -0.39 is 0 Å². The standard InChI is InChI=1S/C13H25BO2/c1-7-8-11(2)9-10-14-15-12(3,4)13(5,6)16-14/h9-11H,7-8H2,1-6H3/b10-9-. The molecule has 3 heteroatoms. The van der Waals surface area contributed by atoms with Gasteiger partial charge in [0.15, 0.2) is 0 Å². The Morgan fingerprint density at radius 2 is 1.62 bits per heavy atom. The molecule has 0 amide bonds. The Bertz CT molecular complexity index is 243. The number of hydrogen-bond donors (Lipinski definition) is 0. The lowest BCUT2D eigenvalue weighted by atomic mass is 9.87. The van der Waals surface area contributed by atoms with Crippen LogP contribution < -0.4 is 0 Å². The van der Waals surface area contributed by atoms with Gasteiger partial charge in [-0.05, 0) is 40.0 Å². The first-order valence-electron chi connectivity index (χ1n) is 6.32. The van der Waals surface area contributed by atoms with Crippen LogP contribution >= 0.6 is 0 Å². The van der Waals surface area contributed by atoms with Gasteiger partial charge in [-0.25, -0.2) is 0 Å². The molecule has 1 aliphatic heterocycles. The van der Waals surface area contributed by atoms with Gasteiger partial charge in [-0.1, -0.05) is 32.3 Å². The van der Waals surface area contributed by atoms with E-state index in [2.05, 4.69) is 53.6 Å². The molecule has 2 nitrogen and oxygen atoms in total. The first-order valence-corrected chi connectivity index (χ1v) is 6.32. The highest BCUT2D eigenvalue weighted by Gasteiger charge is 2.49. The largest absolute Gasteiger partial charge is 0.486 e. The quantitative estimate of drug-likeness (QED) is 0.679. The molecule has 92 valence electrons. The summed E-state index contributed by atoms with van der Waals surface area (Å²) < 4.78 is 11.8. The van der Waals surface area contributed by atoms with Crippen molar-refractivity contribution in [3.8, 4) is 0 Å². The Balaban J connectivity index is 2.54. The summed E-state index contributed by atoms with van der Waals surface area (Å²) in [6, 6.07) is 0. The molecule has 0 radical (unpaired) electrons. The van der Waals surface area contributed by atoms with Crippen LogP contribution in [0, 0.1) is 5.92 Å². The minimum atomic E-state index is -0.226. The van der Waals surface area contributed by atoms with Crippen LogP contribution in [0.3, 0.4) is 0 Å². The maximum Gasteiger partial charge on any atom is 0.486 e. The lowest BCUT2D eigenvalue weighted by Crippen LogP contribution is -2.41. The van der Waals surface area contributed by atoms with Crippen molar-refractivity contribution in [1.82, 2.24) is 0 Å². The minimum Gasteiger partial charge on any atom is -0.400 e. The van der Waals surface area contributed by atoms with E-state index in [1.165, 1.54) is 12.8 Å². The Kier molecular flexibility index (Phi) is 4.25. The highest BCUT2D eigenvalue weighted by atomic mass is 16.7. The van der Waals surface area contributed by atoms with E-state index in [0.717, 1.165) is 0 Å². The fourth-order valence-corrected chi connectivity index (χ4v) is 1.80. The van der Waals surface area contributed by atoms with Gasteiger partial charge in [-0.15, -0.1) is 0 Å². The monoisotopic (exact) mass is 224 g/mol. The van der Waals surface area contributed by atoms with Crippen LogP contribution in [0.5, 0.6) is 0 Å². The predicted octanol–water partition coefficient (Wildman–Crippen LogP) is 3.61. The van der Waals surface area contributed by atoms with E-state index in [0.29, 0.717) is 5.92 Å². The van der Waals surface area contributed by atoms with Crippen molar-refractivity contribution >= 4 is 7.12 Å². The normalized spacial score (nSPS) is 25.2. The molecule has 16 heavy (non-hydrogen) atoms. The lowest BCUT2D eigenvalue weighted by Gasteiger charge is -2.32. The third-order valence-electron chi connectivity index (χ3n) is 3.61. The van der Waals surface area contributed by atoms with Gasteiger partial charge < -0.3 is 9.31 Å². The molecule has 0 aromatic heterocycles. The zero-order chi connectivity index (χ0) is 12.4. The molecule has 0 N–H and O–H groups in total. The van der Waals surface area contributed by atoms with E-state index in [1.807, 2.05) is 0 Å². The van der Waals surface area contributed by atoms with Gasteiger partial charge in [0.25, 0.3) is 0 Å². The third-order valence-corrected chi connectivity index (χ3v) is 3.61. The van der Waals surface area contributed by atoms with Crippen LogP contribution in [0.4, 0.5) is 0 Å². The zero-order valence-corrected chi connectivity index (χ0v) is 11.5. The molecule has 1 aliphatic rings. The highest BCUT2D eigenvalue weighted by Crippen LogP contribution is 2.36. The summed E-state index contributed by atoms with van der Waals surface area (Å²) in [7, 11) is -0.190. The summed E-state index contributed by atoms with van der Waals surface area (Å²) in [4.78, 5) is 0. The van der Waals surface area contributed by atoms with Gasteiger partial charge in [-0.2, -0.15) is 0 Å². The minimum absolute atomic E-state index is 0.190. The first kappa shape index (κ1) is 13.8. The Labute approximate surface area is 101 Å². The maximum atomic E-state index is 5.88. The highest BCUT2D eigenvalue weighted by molar-refractivity contribution is 6.51. The van der Waals surface area contributed by atoms with Crippen molar-refractivity contribution in [1.29, 1.82) is 0 Å². The molecule has 0 bridgehead atoms. The summed E-state index contributed by atoms with van der Waals surface area (Å²) in [5, 5.41) is 0. The molecule has 0 aromatic carbocycles. The molecule has 1 saturated heterocycles. The SMILES string of the molecule is CCCC(C)/C=C\B1OC(C)(C)C(C)(C)O1. The summed E-state index contributed by atoms with van der Waals surface area (Å²) in [5.74, 6) is 2.65. The van der Waals surface area contributed by atoms with Gasteiger partial charge in [0.05, 0.1) is 11.2 Å². The second-order valence-corrected chi connectivity index (χ2v) is 5.78. The molecule has 1 unspecified atom stereocenters. The van der Waals surface area contributed by atoms with Crippen molar-refractivity contribution in [3.63, 3.8) is 0 Å². The molecule has 1 atom stereocenters. The van der Waals surface area contributed by atoms with E-state index in [-0.39, 0.29) is 18.3 Å². The van der Waals surface area contributed by atoms with Gasteiger partial charge in [-0.3, -0.25) is 0 Å². The van der Waals surface area contributed by atoms with Crippen LogP contribution in [0.25, 0.3) is 0 Å². The second-order valence-electron chi connectivity index (χ2n) is 5.78. The molecule has 1 heterocycles. The molecule has 0 aliphatic carbocycles. The van der Waals surface area contributed by atoms with E-state index >= 15 is 0 Å². The van der Waals surface area contributed by atoms with Gasteiger partial charge in [0.1, 0.15) is 0 Å². The van der Waals surface area contributed by atoms with Crippen LogP contribution in [0.1, 0.15) is 54.4 Å². The van der Waals surface area contributed by atoms with E-state index in [1.54, 1.807) is 0 Å². The summed E-state index contributed by atoms with van der Waals surface area (Å²) in [6.45, 7) is 12.8. The zero-order valence-electron chi connectivity index (χ0n) is 11.5. The van der Waals surface area contributed by atoms with Crippen molar-refractivity contribution in [2.24, 2.45) is 5.92 Å². The first-order chi connectivity index (χ1) is 7.28. The fourth-order valence-electron chi connectivity index (χ4n) is 1.80. The lowest BCUT2D eigenvalue weighted by molar-refractivity contribution is 0.00578. The number of rotatable bonds is 4. The molecular formula is C13H25BO2. The maximum absolute atomic E-state index is 5.88. The van der Waals surface area contributed by atoms with Gasteiger partial charge in [0.2, 0.25) is 0 Å². The van der Waals surface area contributed by atoms with Crippen LogP contribution in [0.2, 0.25) is 0 Å². The van der Waals surface area contributed by atoms with Crippen LogP contribution in [-0.4, -0.2) is 18.3 Å². The number of hydrogen-bond acceptors (Lipinski definition) is 2. The molecule has 0 saturated carbocycles. The smallest absolute Gasteiger partial charge is 0.400 e. The van der Waals surface area contributed by atoms with Gasteiger partial charge >= 0.3 is 7.12 Å². The second kappa shape index (κ2) is 4.93. The van der Waals surface area contributed by atoms with Crippen molar-refractivity contribution < 1.29 is 9.31 Å². The van der Waals surface area contributed by atoms with Crippen molar-refractivity contribution in [2.45, 2.75) is 65.6 Å². The molecule has 0 spiro atoms. The topological polar surface area (TPSA) is 18.5 Å². The molecular weight excluding hydrogens is 199 g/mol. The molecule has 1 fully saturated rings. The predicted molar refractivity (Wildman–Crippen MR) is 69.3 cm³/mol. The Morgan fingerprint density at radius 1 is 1.12 bits per heavy atom. The molecule has 0 aromatic rings. The summed E-state index contributed by atoms with van der Waals surface area (Å²) in [6.07, 6.45) is 4.64. The van der Waals surface area contributed by atoms with Crippen LogP contribution in [-0.2, 0) is 9.31 Å². The summed E-state index contributed by atoms with van der Waals surface area (Å²) in [5.41, 5.74) is -0.452. The molecule has 1 rings (SSSR count). The Morgan fingerprint density at radius 3 is 2.06 bits per heavy atom. The summed E-state index contributed by atoms with van der Waals surface area (Å²) >= 11 is 0. The van der Waals surface area contributed by atoms with E-state index in [9.17, 15) is 0 Å². The number of allylic oxidation sites excluding steroid dienone is 1.